The average molecular weight is 228 g/mol. The Morgan fingerprint density at radius 2 is 2.38 bits per heavy atom. The molecule has 7 heteroatoms. The van der Waals surface area contributed by atoms with Crippen molar-refractivity contribution in [3.63, 3.8) is 0 Å². The predicted octanol–water partition coefficient (Wildman–Crippen LogP) is 0.0277. The van der Waals surface area contributed by atoms with Gasteiger partial charge in [0.25, 0.3) is 0 Å². The van der Waals surface area contributed by atoms with Crippen molar-refractivity contribution < 1.29 is 15.0 Å². The molecule has 0 bridgehead atoms. The maximum absolute atomic E-state index is 10.4. The fourth-order valence-electron chi connectivity index (χ4n) is 1.19. The Kier molecular flexibility index (Phi) is 4.12. The van der Waals surface area contributed by atoms with Crippen molar-refractivity contribution in [1.82, 2.24) is 9.97 Å². The molecule has 0 saturated carbocycles. The number of hydrogen-bond donors (Lipinski definition) is 5. The summed E-state index contributed by atoms with van der Waals surface area (Å²) in [4.78, 5) is 17.1. The minimum atomic E-state index is -0.994. The highest BCUT2D eigenvalue weighted by Crippen LogP contribution is 2.14. The van der Waals surface area contributed by atoms with Crippen molar-refractivity contribution in [2.45, 2.75) is 25.8 Å². The minimum Gasteiger partial charge on any atom is -0.492 e. The van der Waals surface area contributed by atoms with Gasteiger partial charge in [0.15, 0.2) is 0 Å². The summed E-state index contributed by atoms with van der Waals surface area (Å²) in [6.45, 7) is 2.25. The Hall–Kier alpha value is -1.76. The number of carbonyl (C=O) groups is 1. The molecule has 1 aromatic rings. The topological polar surface area (TPSA) is 124 Å². The van der Waals surface area contributed by atoms with Crippen molar-refractivity contribution in [1.29, 1.82) is 0 Å². The van der Waals surface area contributed by atoms with E-state index in [1.807, 2.05) is 0 Å². The van der Waals surface area contributed by atoms with Crippen LogP contribution in [0.5, 0.6) is 5.88 Å². The molecule has 0 saturated heterocycles. The van der Waals surface area contributed by atoms with Gasteiger partial charge < -0.3 is 26.2 Å². The minimum absolute atomic E-state index is 0.0373. The average Bonchev–Trinajstić information content (AvgIpc) is 2.53. The molecule has 1 heterocycles. The number of aryl methyl sites for hydroxylation is 1. The highest BCUT2D eigenvalue weighted by Gasteiger charge is 2.10. The van der Waals surface area contributed by atoms with E-state index in [0.29, 0.717) is 31.0 Å². The third kappa shape index (κ3) is 3.43. The number of anilines is 1. The van der Waals surface area contributed by atoms with Crippen LogP contribution in [0.2, 0.25) is 0 Å². The van der Waals surface area contributed by atoms with Gasteiger partial charge in [-0.25, -0.2) is 0 Å². The van der Waals surface area contributed by atoms with E-state index in [1.165, 1.54) is 0 Å². The molecule has 6 N–H and O–H groups in total. The van der Waals surface area contributed by atoms with E-state index in [9.17, 15) is 9.90 Å². The Labute approximate surface area is 92.7 Å². The Balaban J connectivity index is 2.23. The number of carboxylic acids is 1. The summed E-state index contributed by atoms with van der Waals surface area (Å²) in [5.74, 6) is -0.560. The van der Waals surface area contributed by atoms with Gasteiger partial charge in [-0.05, 0) is 19.8 Å². The van der Waals surface area contributed by atoms with Crippen LogP contribution in [0.4, 0.5) is 5.95 Å². The van der Waals surface area contributed by atoms with Crippen LogP contribution in [0.1, 0.15) is 18.5 Å². The molecular weight excluding hydrogens is 212 g/mol. The number of H-pyrrole nitrogens is 1. The van der Waals surface area contributed by atoms with E-state index in [2.05, 4.69) is 15.3 Å². The van der Waals surface area contributed by atoms with Crippen LogP contribution >= 0.6 is 0 Å². The standard InChI is InChI=1S/C9H16N4O3/c1-5-7(14)13-9(12-5)11-4-2-3-6(10)8(15)16/h6,14H,2-4,10H2,1H3,(H,15,16)(H2,11,12,13)/t6-/m0/s1. The highest BCUT2D eigenvalue weighted by molar-refractivity contribution is 5.72. The molecule has 0 amide bonds. The molecule has 0 aromatic carbocycles. The number of aromatic amines is 1. The summed E-state index contributed by atoms with van der Waals surface area (Å²) < 4.78 is 0. The van der Waals surface area contributed by atoms with Crippen molar-refractivity contribution in [2.75, 3.05) is 11.9 Å². The van der Waals surface area contributed by atoms with Crippen LogP contribution in [0.15, 0.2) is 0 Å². The molecule has 0 radical (unpaired) electrons. The third-order valence-corrected chi connectivity index (χ3v) is 2.16. The molecule has 0 unspecified atom stereocenters. The lowest BCUT2D eigenvalue weighted by molar-refractivity contribution is -0.138. The van der Waals surface area contributed by atoms with Gasteiger partial charge in [-0.15, -0.1) is 0 Å². The highest BCUT2D eigenvalue weighted by atomic mass is 16.4. The quantitative estimate of drug-likeness (QED) is 0.437. The van der Waals surface area contributed by atoms with Crippen LogP contribution in [-0.2, 0) is 4.79 Å². The SMILES string of the molecule is Cc1[nH]c(NCCC[C@H](N)C(=O)O)nc1O. The molecule has 0 aliphatic carbocycles. The number of nitrogens with one attached hydrogen (secondary N) is 2. The molecule has 1 aromatic heterocycles. The number of imidazole rings is 1. The second kappa shape index (κ2) is 5.36. The molecule has 16 heavy (non-hydrogen) atoms. The van der Waals surface area contributed by atoms with Crippen molar-refractivity contribution in [3.8, 4) is 5.88 Å². The monoisotopic (exact) mass is 228 g/mol. The van der Waals surface area contributed by atoms with E-state index in [1.54, 1.807) is 6.92 Å². The summed E-state index contributed by atoms with van der Waals surface area (Å²) in [7, 11) is 0. The zero-order valence-electron chi connectivity index (χ0n) is 9.03. The van der Waals surface area contributed by atoms with E-state index in [4.69, 9.17) is 10.8 Å². The van der Waals surface area contributed by atoms with Gasteiger partial charge in [0.2, 0.25) is 11.8 Å². The lowest BCUT2D eigenvalue weighted by Gasteiger charge is -2.06. The van der Waals surface area contributed by atoms with Gasteiger partial charge in [0.05, 0.1) is 5.69 Å². The fraction of sp³-hybridized carbons (Fsp3) is 0.556. The van der Waals surface area contributed by atoms with Gasteiger partial charge in [-0.2, -0.15) is 4.98 Å². The van der Waals surface area contributed by atoms with Crippen LogP contribution < -0.4 is 11.1 Å². The fourth-order valence-corrected chi connectivity index (χ4v) is 1.19. The first-order valence-corrected chi connectivity index (χ1v) is 4.98. The van der Waals surface area contributed by atoms with E-state index >= 15 is 0 Å². The zero-order valence-corrected chi connectivity index (χ0v) is 9.03. The summed E-state index contributed by atoms with van der Waals surface area (Å²) in [6.07, 6.45) is 1.02. The number of rotatable bonds is 6. The number of aliphatic carboxylic acids is 1. The molecule has 1 atom stereocenters. The van der Waals surface area contributed by atoms with Crippen LogP contribution in [0.25, 0.3) is 0 Å². The molecule has 0 spiro atoms. The normalized spacial score (nSPS) is 12.4. The lowest BCUT2D eigenvalue weighted by Crippen LogP contribution is -2.30. The first-order chi connectivity index (χ1) is 7.50. The third-order valence-electron chi connectivity index (χ3n) is 2.16. The van der Waals surface area contributed by atoms with Crippen LogP contribution in [-0.4, -0.2) is 38.7 Å². The number of nitrogens with zero attached hydrogens (tertiary/aromatic N) is 1. The predicted molar refractivity (Wildman–Crippen MR) is 58.3 cm³/mol. The van der Waals surface area contributed by atoms with Crippen molar-refractivity contribution in [3.05, 3.63) is 5.69 Å². The number of aromatic nitrogens is 2. The zero-order chi connectivity index (χ0) is 12.1. The first-order valence-electron chi connectivity index (χ1n) is 4.98. The Morgan fingerprint density at radius 3 is 2.88 bits per heavy atom. The molecule has 0 fully saturated rings. The molecule has 7 nitrogen and oxygen atoms in total. The number of aromatic hydroxyl groups is 1. The van der Waals surface area contributed by atoms with Crippen LogP contribution in [0, 0.1) is 6.92 Å². The number of hydrogen-bond acceptors (Lipinski definition) is 5. The lowest BCUT2D eigenvalue weighted by atomic mass is 10.2. The number of carboxylic acid groups (broad SMARTS) is 1. The number of nitrogens with two attached hydrogens (primary N) is 1. The Morgan fingerprint density at radius 1 is 1.69 bits per heavy atom. The first kappa shape index (κ1) is 12.3. The van der Waals surface area contributed by atoms with Crippen molar-refractivity contribution >= 4 is 11.9 Å². The summed E-state index contributed by atoms with van der Waals surface area (Å²) >= 11 is 0. The van der Waals surface area contributed by atoms with Gasteiger partial charge in [-0.3, -0.25) is 4.79 Å². The summed E-state index contributed by atoms with van der Waals surface area (Å²) in [5, 5.41) is 20.6. The maximum Gasteiger partial charge on any atom is 0.320 e. The van der Waals surface area contributed by atoms with Gasteiger partial charge in [-0.1, -0.05) is 0 Å². The second-order valence-corrected chi connectivity index (χ2v) is 3.55. The van der Waals surface area contributed by atoms with Crippen molar-refractivity contribution in [2.24, 2.45) is 5.73 Å². The van der Waals surface area contributed by atoms with E-state index in [-0.39, 0.29) is 5.88 Å². The van der Waals surface area contributed by atoms with Gasteiger partial charge in [0.1, 0.15) is 6.04 Å². The van der Waals surface area contributed by atoms with Crippen LogP contribution in [0.3, 0.4) is 0 Å². The second-order valence-electron chi connectivity index (χ2n) is 3.55. The molecule has 90 valence electrons. The maximum atomic E-state index is 10.4. The Bertz CT molecular complexity index is 344. The molecule has 1 rings (SSSR count). The molecule has 0 aliphatic rings. The summed E-state index contributed by atoms with van der Waals surface area (Å²) in [5.41, 5.74) is 5.92. The van der Waals surface area contributed by atoms with E-state index < -0.39 is 12.0 Å². The smallest absolute Gasteiger partial charge is 0.320 e. The molecular formula is C9H16N4O3. The largest absolute Gasteiger partial charge is 0.492 e. The molecule has 0 aliphatic heterocycles. The van der Waals surface area contributed by atoms with E-state index in [0.717, 1.165) is 0 Å². The van der Waals surface area contributed by atoms with Gasteiger partial charge >= 0.3 is 5.97 Å². The summed E-state index contributed by atoms with van der Waals surface area (Å²) in [6, 6.07) is -0.825. The van der Waals surface area contributed by atoms with Gasteiger partial charge in [0, 0.05) is 6.54 Å².